The first-order valence-corrected chi connectivity index (χ1v) is 14.1. The highest BCUT2D eigenvalue weighted by Crippen LogP contribution is 2.56. The predicted octanol–water partition coefficient (Wildman–Crippen LogP) is 9.10. The maximum Gasteiger partial charge on any atom is 0.137 e. The Kier molecular flexibility index (Phi) is 5.60. The van der Waals surface area contributed by atoms with Crippen LogP contribution in [0, 0.1) is 16.7 Å². The maximum absolute atomic E-state index is 10.5. The summed E-state index contributed by atoms with van der Waals surface area (Å²) in [4.78, 5) is 3.96. The van der Waals surface area contributed by atoms with Gasteiger partial charge in [0.15, 0.2) is 0 Å². The number of fused-ring (bicyclic) bond motifs is 4. The standard InChI is InChI=1S/C29H16Cl2N4OS2/c30-17-10-9-15(13-18(17)31)21-11-12-22(36-21)25-16(14-32)29-35(20-6-2-4-8-24(20)38-29)27(33)26(25)28-34-19-5-1-3-7-23(19)37-28/h1-13,25,33-34H/b28-26-,33-27?. The first-order chi connectivity index (χ1) is 18.5. The van der Waals surface area contributed by atoms with Crippen molar-refractivity contribution in [2.75, 3.05) is 10.2 Å². The number of benzene rings is 3. The molecule has 0 saturated heterocycles. The number of anilines is 2. The minimum Gasteiger partial charge on any atom is -0.460 e. The van der Waals surface area contributed by atoms with E-state index in [9.17, 15) is 10.7 Å². The molecule has 1 aromatic heterocycles. The molecule has 1 atom stereocenters. The van der Waals surface area contributed by atoms with Gasteiger partial charge in [-0.25, -0.2) is 0 Å². The lowest BCUT2D eigenvalue weighted by Gasteiger charge is -2.33. The second-order valence-electron chi connectivity index (χ2n) is 8.81. The van der Waals surface area contributed by atoms with E-state index in [0.717, 1.165) is 36.8 Å². The van der Waals surface area contributed by atoms with Crippen molar-refractivity contribution in [3.63, 3.8) is 0 Å². The molecule has 3 aromatic carbocycles. The van der Waals surface area contributed by atoms with Gasteiger partial charge in [-0.05, 0) is 54.6 Å². The van der Waals surface area contributed by atoms with E-state index in [0.29, 0.717) is 38.5 Å². The quantitative estimate of drug-likeness (QED) is 0.250. The lowest BCUT2D eigenvalue weighted by atomic mass is 9.86. The third-order valence-electron chi connectivity index (χ3n) is 6.63. The highest BCUT2D eigenvalue weighted by atomic mass is 35.5. The molecule has 0 spiro atoms. The lowest BCUT2D eigenvalue weighted by Crippen LogP contribution is -2.36. The van der Waals surface area contributed by atoms with Crippen LogP contribution in [0.25, 0.3) is 11.3 Å². The normalized spacial score (nSPS) is 19.7. The molecule has 0 aliphatic carbocycles. The molecule has 5 nitrogen and oxygen atoms in total. The van der Waals surface area contributed by atoms with Gasteiger partial charge in [-0.1, -0.05) is 71.0 Å². The molecule has 0 amide bonds. The first-order valence-electron chi connectivity index (χ1n) is 11.7. The highest BCUT2D eigenvalue weighted by molar-refractivity contribution is 8.04. The molecule has 9 heteroatoms. The predicted molar refractivity (Wildman–Crippen MR) is 155 cm³/mol. The van der Waals surface area contributed by atoms with Crippen molar-refractivity contribution < 1.29 is 4.42 Å². The van der Waals surface area contributed by atoms with E-state index < -0.39 is 5.92 Å². The Labute approximate surface area is 237 Å². The van der Waals surface area contributed by atoms with Crippen LogP contribution < -0.4 is 10.2 Å². The fourth-order valence-corrected chi connectivity index (χ4v) is 7.45. The molecule has 4 heterocycles. The molecule has 1 unspecified atom stereocenters. The van der Waals surface area contributed by atoms with Gasteiger partial charge in [0, 0.05) is 20.9 Å². The van der Waals surface area contributed by atoms with Crippen molar-refractivity contribution in [1.82, 2.24) is 0 Å². The average molecular weight is 572 g/mol. The molecule has 0 fully saturated rings. The summed E-state index contributed by atoms with van der Waals surface area (Å²) in [7, 11) is 0. The number of nitriles is 1. The smallest absolute Gasteiger partial charge is 0.137 e. The van der Waals surface area contributed by atoms with Gasteiger partial charge >= 0.3 is 0 Å². The number of amidine groups is 1. The number of rotatable bonds is 2. The summed E-state index contributed by atoms with van der Waals surface area (Å²) >= 11 is 15.5. The molecule has 0 radical (unpaired) electrons. The van der Waals surface area contributed by atoms with Crippen molar-refractivity contribution in [1.29, 1.82) is 10.7 Å². The van der Waals surface area contributed by atoms with E-state index in [4.69, 9.17) is 27.6 Å². The average Bonchev–Trinajstić information content (AvgIpc) is 3.66. The first kappa shape index (κ1) is 23.6. The van der Waals surface area contributed by atoms with Crippen LogP contribution >= 0.6 is 46.7 Å². The Morgan fingerprint density at radius 1 is 0.921 bits per heavy atom. The van der Waals surface area contributed by atoms with Gasteiger partial charge in [-0.15, -0.1) is 0 Å². The molecule has 7 rings (SSSR count). The van der Waals surface area contributed by atoms with E-state index in [1.807, 2.05) is 71.6 Å². The number of para-hydroxylation sites is 2. The summed E-state index contributed by atoms with van der Waals surface area (Å²) in [6, 6.07) is 27.5. The van der Waals surface area contributed by atoms with Crippen LogP contribution in [0.15, 0.2) is 114 Å². The van der Waals surface area contributed by atoms with Crippen LogP contribution in [0.2, 0.25) is 10.0 Å². The van der Waals surface area contributed by atoms with Crippen LogP contribution in [0.3, 0.4) is 0 Å². The van der Waals surface area contributed by atoms with Crippen molar-refractivity contribution >= 4 is 63.9 Å². The molecule has 38 heavy (non-hydrogen) atoms. The number of hydrogen-bond acceptors (Lipinski definition) is 6. The Morgan fingerprint density at radius 3 is 2.50 bits per heavy atom. The number of nitrogens with one attached hydrogen (secondary N) is 2. The molecule has 2 N–H and O–H groups in total. The van der Waals surface area contributed by atoms with Crippen LogP contribution in [0.1, 0.15) is 11.7 Å². The molecule has 0 bridgehead atoms. The van der Waals surface area contributed by atoms with Crippen LogP contribution in [-0.4, -0.2) is 5.84 Å². The van der Waals surface area contributed by atoms with Gasteiger partial charge in [0.05, 0.1) is 44.0 Å². The second-order valence-corrected chi connectivity index (χ2v) is 11.7. The summed E-state index contributed by atoms with van der Waals surface area (Å²) in [5, 5.41) is 25.9. The molecule has 0 saturated carbocycles. The number of furan rings is 1. The molecule has 3 aliphatic rings. The molecule has 3 aliphatic heterocycles. The van der Waals surface area contributed by atoms with E-state index in [1.165, 1.54) is 11.8 Å². The van der Waals surface area contributed by atoms with Crippen molar-refractivity contribution in [3.8, 4) is 17.4 Å². The van der Waals surface area contributed by atoms with Crippen LogP contribution in [0.5, 0.6) is 0 Å². The van der Waals surface area contributed by atoms with Gasteiger partial charge in [0.1, 0.15) is 22.4 Å². The zero-order valence-electron chi connectivity index (χ0n) is 19.5. The topological polar surface area (TPSA) is 76.1 Å². The third kappa shape index (κ3) is 3.60. The third-order valence-corrected chi connectivity index (χ3v) is 9.63. The molecule has 4 aromatic rings. The van der Waals surface area contributed by atoms with Gasteiger partial charge in [-0.2, -0.15) is 5.26 Å². The summed E-state index contributed by atoms with van der Waals surface area (Å²) in [6.07, 6.45) is 0. The largest absolute Gasteiger partial charge is 0.460 e. The Morgan fingerprint density at radius 2 is 1.71 bits per heavy atom. The van der Waals surface area contributed by atoms with E-state index in [2.05, 4.69) is 11.4 Å². The van der Waals surface area contributed by atoms with Crippen molar-refractivity contribution in [3.05, 3.63) is 116 Å². The molecular formula is C29H16Cl2N4OS2. The van der Waals surface area contributed by atoms with Crippen LogP contribution in [-0.2, 0) is 0 Å². The van der Waals surface area contributed by atoms with Gasteiger partial charge in [-0.3, -0.25) is 10.3 Å². The monoisotopic (exact) mass is 570 g/mol. The minimum absolute atomic E-state index is 0.316. The summed E-state index contributed by atoms with van der Waals surface area (Å²) < 4.78 is 6.39. The zero-order valence-corrected chi connectivity index (χ0v) is 22.6. The van der Waals surface area contributed by atoms with E-state index in [1.54, 1.807) is 23.9 Å². The second kappa shape index (κ2) is 9.04. The summed E-state index contributed by atoms with van der Waals surface area (Å²) in [5.41, 5.74) is 3.89. The van der Waals surface area contributed by atoms with Gasteiger partial charge in [0.25, 0.3) is 0 Å². The van der Waals surface area contributed by atoms with Gasteiger partial charge in [0.2, 0.25) is 0 Å². The fraction of sp³-hybridized carbons (Fsp3) is 0.0345. The number of hydrogen-bond donors (Lipinski definition) is 2. The number of thioether (sulfide) groups is 2. The van der Waals surface area contributed by atoms with Crippen molar-refractivity contribution in [2.24, 2.45) is 0 Å². The van der Waals surface area contributed by atoms with Gasteiger partial charge < -0.3 is 9.73 Å². The Balaban J connectivity index is 1.43. The molecular weight excluding hydrogens is 555 g/mol. The van der Waals surface area contributed by atoms with Crippen LogP contribution in [0.4, 0.5) is 11.4 Å². The Hall–Kier alpha value is -3.54. The number of halogens is 2. The van der Waals surface area contributed by atoms with Crippen molar-refractivity contribution in [2.45, 2.75) is 15.7 Å². The van der Waals surface area contributed by atoms with E-state index in [-0.39, 0.29) is 0 Å². The Bertz CT molecular complexity index is 1760. The zero-order chi connectivity index (χ0) is 26.0. The summed E-state index contributed by atoms with van der Waals surface area (Å²) in [6.45, 7) is 0. The number of nitrogens with zero attached hydrogens (tertiary/aromatic N) is 2. The number of allylic oxidation sites excluding steroid dienone is 1. The highest BCUT2D eigenvalue weighted by Gasteiger charge is 2.45. The maximum atomic E-state index is 10.5. The lowest BCUT2D eigenvalue weighted by molar-refractivity contribution is 0.515. The minimum atomic E-state index is -0.568. The summed E-state index contributed by atoms with van der Waals surface area (Å²) in [5.74, 6) is 0.937. The fourth-order valence-electron chi connectivity index (χ4n) is 4.90. The van der Waals surface area contributed by atoms with E-state index >= 15 is 0 Å². The molecule has 184 valence electrons. The SMILES string of the molecule is N#CC1=C2Sc3ccccc3N2C(=N)/C(=C2/Nc3ccccc3S2)C1c1ccc(-c2ccc(Cl)c(Cl)c2)o1.